The Morgan fingerprint density at radius 1 is 1.50 bits per heavy atom. The summed E-state index contributed by atoms with van der Waals surface area (Å²) >= 11 is 4.76. The number of rotatable bonds is 2. The first-order valence-electron chi connectivity index (χ1n) is 2.06. The summed E-state index contributed by atoms with van der Waals surface area (Å²) in [5.74, 6) is 0. The predicted molar refractivity (Wildman–Crippen MR) is 37.6 cm³/mol. The molecule has 0 N–H and O–H groups in total. The minimum absolute atomic E-state index is 0.476. The third-order valence-corrected chi connectivity index (χ3v) is 0.236. The van der Waals surface area contributed by atoms with Crippen molar-refractivity contribution >= 4 is 11.6 Å². The van der Waals surface area contributed by atoms with Crippen molar-refractivity contribution < 1.29 is 4.74 Å². The SMILES string of the molecule is C=CCl.[CH2]COC=C. The maximum Gasteiger partial charge on any atom is 0.0874 e. The molecule has 47 valence electrons. The van der Waals surface area contributed by atoms with Gasteiger partial charge >= 0.3 is 0 Å². The van der Waals surface area contributed by atoms with Crippen LogP contribution < -0.4 is 0 Å². The second kappa shape index (κ2) is 16.0. The Labute approximate surface area is 55.6 Å². The van der Waals surface area contributed by atoms with E-state index in [4.69, 9.17) is 11.6 Å². The minimum atomic E-state index is 0.476. The van der Waals surface area contributed by atoms with Gasteiger partial charge in [-0.1, -0.05) is 24.8 Å². The largest absolute Gasteiger partial charge is 0.502 e. The Balaban J connectivity index is 0. The molecule has 8 heavy (non-hydrogen) atoms. The number of halogens is 1. The van der Waals surface area contributed by atoms with Gasteiger partial charge in [-0.25, -0.2) is 0 Å². The van der Waals surface area contributed by atoms with Crippen LogP contribution >= 0.6 is 11.6 Å². The molecule has 0 atom stereocenters. The van der Waals surface area contributed by atoms with Gasteiger partial charge in [0.2, 0.25) is 0 Å². The molecule has 0 aliphatic rings. The maximum absolute atomic E-state index is 4.76. The molecule has 2 heteroatoms. The Hall–Kier alpha value is -0.430. The third-order valence-electron chi connectivity index (χ3n) is 0.236. The van der Waals surface area contributed by atoms with E-state index in [-0.39, 0.29) is 0 Å². The van der Waals surface area contributed by atoms with Crippen LogP contribution in [0, 0.1) is 6.92 Å². The standard InChI is InChI=1S/C4H7O.C2H3Cl/c1-3-5-4-2;1-2-3/h3H,1-2,4H2;2H,1H2. The van der Waals surface area contributed by atoms with E-state index in [2.05, 4.69) is 24.8 Å². The van der Waals surface area contributed by atoms with Crippen LogP contribution in [0.4, 0.5) is 0 Å². The van der Waals surface area contributed by atoms with E-state index >= 15 is 0 Å². The van der Waals surface area contributed by atoms with Crippen molar-refractivity contribution in [2.24, 2.45) is 0 Å². The summed E-state index contributed by atoms with van der Waals surface area (Å²) in [4.78, 5) is 0. The third kappa shape index (κ3) is 47.2. The predicted octanol–water partition coefficient (Wildman–Crippen LogP) is 2.35. The Bertz CT molecular complexity index is 52.5. The number of hydrogen-bond donors (Lipinski definition) is 0. The highest BCUT2D eigenvalue weighted by Crippen LogP contribution is 1.64. The fraction of sp³-hybridized carbons (Fsp3) is 0.167. The summed E-state index contributed by atoms with van der Waals surface area (Å²) in [5, 5.41) is 0. The Morgan fingerprint density at radius 2 is 1.88 bits per heavy atom. The second-order valence-electron chi connectivity index (χ2n) is 0.692. The number of hydrogen-bond acceptors (Lipinski definition) is 1. The van der Waals surface area contributed by atoms with Crippen molar-refractivity contribution in [3.05, 3.63) is 31.9 Å². The van der Waals surface area contributed by atoms with E-state index < -0.39 is 0 Å². The molecule has 0 amide bonds. The van der Waals surface area contributed by atoms with Crippen LogP contribution in [-0.2, 0) is 4.74 Å². The lowest BCUT2D eigenvalue weighted by Crippen LogP contribution is -1.72. The molecule has 0 saturated carbocycles. The molecule has 0 aromatic rings. The lowest BCUT2D eigenvalue weighted by atomic mass is 10.9. The minimum Gasteiger partial charge on any atom is -0.502 e. The van der Waals surface area contributed by atoms with Crippen LogP contribution in [0.3, 0.4) is 0 Å². The van der Waals surface area contributed by atoms with E-state index in [1.807, 2.05) is 0 Å². The van der Waals surface area contributed by atoms with Crippen LogP contribution in [0.5, 0.6) is 0 Å². The van der Waals surface area contributed by atoms with Crippen molar-refractivity contribution in [2.45, 2.75) is 0 Å². The van der Waals surface area contributed by atoms with Gasteiger partial charge in [-0.3, -0.25) is 0 Å². The van der Waals surface area contributed by atoms with Crippen LogP contribution in [0.15, 0.2) is 25.0 Å². The zero-order valence-electron chi connectivity index (χ0n) is 4.77. The van der Waals surface area contributed by atoms with Gasteiger partial charge in [-0.2, -0.15) is 0 Å². The second-order valence-corrected chi connectivity index (χ2v) is 1.00. The molecule has 0 unspecified atom stereocenters. The molecule has 0 aliphatic carbocycles. The van der Waals surface area contributed by atoms with Crippen LogP contribution in [0.1, 0.15) is 0 Å². The topological polar surface area (TPSA) is 9.23 Å². The maximum atomic E-state index is 4.76. The average Bonchev–Trinajstić information content (AvgIpc) is 1.71. The Kier molecular flexibility index (Phi) is 21.1. The van der Waals surface area contributed by atoms with E-state index in [9.17, 15) is 0 Å². The first kappa shape index (κ1) is 10.5. The van der Waals surface area contributed by atoms with Gasteiger partial charge in [0, 0.05) is 0 Å². The van der Waals surface area contributed by atoms with Gasteiger partial charge in [-0.05, 0) is 12.5 Å². The summed E-state index contributed by atoms with van der Waals surface area (Å²) in [5.41, 5.74) is 1.22. The first-order chi connectivity index (χ1) is 3.83. The van der Waals surface area contributed by atoms with Gasteiger partial charge in [0.1, 0.15) is 0 Å². The highest BCUT2D eigenvalue weighted by atomic mass is 35.5. The average molecular weight is 134 g/mol. The summed E-state index contributed by atoms with van der Waals surface area (Å²) in [6.45, 7) is 10.3. The van der Waals surface area contributed by atoms with Gasteiger partial charge in [0.25, 0.3) is 0 Å². The van der Waals surface area contributed by atoms with Gasteiger partial charge in [0.15, 0.2) is 0 Å². The van der Waals surface area contributed by atoms with Crippen molar-refractivity contribution in [1.29, 1.82) is 0 Å². The fourth-order valence-corrected chi connectivity index (χ4v) is 0.0833. The molecule has 0 fully saturated rings. The van der Waals surface area contributed by atoms with Crippen LogP contribution in [0.25, 0.3) is 0 Å². The molecule has 0 aliphatic heterocycles. The van der Waals surface area contributed by atoms with Crippen LogP contribution in [-0.4, -0.2) is 6.61 Å². The van der Waals surface area contributed by atoms with Crippen molar-refractivity contribution in [3.8, 4) is 0 Å². The quantitative estimate of drug-likeness (QED) is 0.526. The molecule has 0 saturated heterocycles. The zero-order chi connectivity index (χ0) is 6.83. The van der Waals surface area contributed by atoms with Crippen LogP contribution in [0.2, 0.25) is 0 Å². The van der Waals surface area contributed by atoms with E-state index in [0.29, 0.717) is 6.61 Å². The van der Waals surface area contributed by atoms with Gasteiger partial charge in [-0.15, -0.1) is 0 Å². The Morgan fingerprint density at radius 3 is 1.88 bits per heavy atom. The normalized spacial score (nSPS) is 5.75. The van der Waals surface area contributed by atoms with Crippen molar-refractivity contribution in [2.75, 3.05) is 6.61 Å². The molecular weight excluding hydrogens is 124 g/mol. The molecule has 0 rings (SSSR count). The van der Waals surface area contributed by atoms with Gasteiger partial charge < -0.3 is 4.74 Å². The molecule has 0 aromatic carbocycles. The van der Waals surface area contributed by atoms with E-state index in [1.165, 1.54) is 11.8 Å². The number of ether oxygens (including phenoxy) is 1. The summed E-state index contributed by atoms with van der Waals surface area (Å²) in [6, 6.07) is 0. The molecule has 0 bridgehead atoms. The highest BCUT2D eigenvalue weighted by molar-refractivity contribution is 6.25. The first-order valence-corrected chi connectivity index (χ1v) is 2.50. The van der Waals surface area contributed by atoms with Crippen molar-refractivity contribution in [3.63, 3.8) is 0 Å². The summed E-state index contributed by atoms with van der Waals surface area (Å²) in [6.07, 6.45) is 1.37. The smallest absolute Gasteiger partial charge is 0.0874 e. The molecule has 0 aromatic heterocycles. The molecule has 0 spiro atoms. The molecule has 1 radical (unpaired) electrons. The summed E-state index contributed by atoms with van der Waals surface area (Å²) in [7, 11) is 0. The molecule has 0 heterocycles. The van der Waals surface area contributed by atoms with E-state index in [0.717, 1.165) is 0 Å². The van der Waals surface area contributed by atoms with Gasteiger partial charge in [0.05, 0.1) is 12.9 Å². The zero-order valence-corrected chi connectivity index (χ0v) is 5.53. The molecular formula is C6H10ClO. The summed E-state index contributed by atoms with van der Waals surface area (Å²) < 4.78 is 4.49. The van der Waals surface area contributed by atoms with Crippen molar-refractivity contribution in [1.82, 2.24) is 0 Å². The van der Waals surface area contributed by atoms with E-state index in [1.54, 1.807) is 0 Å². The fourth-order valence-electron chi connectivity index (χ4n) is 0.0833. The monoisotopic (exact) mass is 133 g/mol. The lowest BCUT2D eigenvalue weighted by Gasteiger charge is -1.84. The highest BCUT2D eigenvalue weighted by Gasteiger charge is 1.56. The lowest BCUT2D eigenvalue weighted by molar-refractivity contribution is 0.289. The molecule has 1 nitrogen and oxygen atoms in total.